The molecule has 1 aromatic carbocycles. The number of hydrazone groups is 1. The van der Waals surface area contributed by atoms with Gasteiger partial charge in [0.05, 0.1) is 36.4 Å². The molecule has 158 valence electrons. The van der Waals surface area contributed by atoms with Gasteiger partial charge >= 0.3 is 0 Å². The van der Waals surface area contributed by atoms with E-state index >= 15 is 0 Å². The van der Waals surface area contributed by atoms with Crippen molar-refractivity contribution in [3.63, 3.8) is 0 Å². The van der Waals surface area contributed by atoms with Crippen LogP contribution in [0.2, 0.25) is 0 Å². The summed E-state index contributed by atoms with van der Waals surface area (Å²) in [6, 6.07) is 4.62. The highest BCUT2D eigenvalue weighted by Gasteiger charge is 2.37. The van der Waals surface area contributed by atoms with Crippen LogP contribution in [0.15, 0.2) is 23.3 Å². The van der Waals surface area contributed by atoms with E-state index in [0.29, 0.717) is 36.8 Å². The number of carbonyl (C=O) groups is 2. The molecule has 0 aromatic heterocycles. The summed E-state index contributed by atoms with van der Waals surface area (Å²) >= 11 is 0. The highest BCUT2D eigenvalue weighted by molar-refractivity contribution is 7.91. The minimum Gasteiger partial charge on any atom is -0.494 e. The molecular weight excluding hydrogens is 398 g/mol. The van der Waals surface area contributed by atoms with Crippen molar-refractivity contribution in [2.24, 2.45) is 5.10 Å². The van der Waals surface area contributed by atoms with Gasteiger partial charge in [0.15, 0.2) is 9.84 Å². The van der Waals surface area contributed by atoms with Gasteiger partial charge in [-0.05, 0) is 32.4 Å². The van der Waals surface area contributed by atoms with E-state index in [4.69, 9.17) is 9.47 Å². The Morgan fingerprint density at radius 3 is 2.66 bits per heavy atom. The third kappa shape index (κ3) is 5.06. The number of benzene rings is 1. The largest absolute Gasteiger partial charge is 0.494 e. The maximum atomic E-state index is 12.8. The standard InChI is InChI=1S/C19H25N3O6S/c1-3-27-14-5-7-17(28-4-2)16(11-14)20-19(24)15-6-8-18(23)22(21-15)13-9-10-29(25,26)12-13/h5,7,11,13H,3-4,6,8-10,12H2,1-2H3,(H,20,24). The number of hydrogen-bond acceptors (Lipinski definition) is 7. The molecule has 1 atom stereocenters. The van der Waals surface area contributed by atoms with Crippen LogP contribution in [0.5, 0.6) is 11.5 Å². The van der Waals surface area contributed by atoms with Crippen LogP contribution >= 0.6 is 0 Å². The first-order valence-corrected chi connectivity index (χ1v) is 11.5. The van der Waals surface area contributed by atoms with Crippen LogP contribution < -0.4 is 14.8 Å². The Morgan fingerprint density at radius 2 is 2.00 bits per heavy atom. The van der Waals surface area contributed by atoms with Crippen molar-refractivity contribution >= 4 is 33.1 Å². The smallest absolute Gasteiger partial charge is 0.271 e. The Morgan fingerprint density at radius 1 is 1.24 bits per heavy atom. The normalized spacial score (nSPS) is 20.9. The summed E-state index contributed by atoms with van der Waals surface area (Å²) in [7, 11) is -3.17. The minimum absolute atomic E-state index is 0.0282. The molecule has 1 N–H and O–H groups in total. The maximum absolute atomic E-state index is 12.8. The molecule has 0 aliphatic carbocycles. The molecule has 29 heavy (non-hydrogen) atoms. The number of anilines is 1. The third-order valence-electron chi connectivity index (χ3n) is 4.69. The van der Waals surface area contributed by atoms with Gasteiger partial charge in [0.2, 0.25) is 5.91 Å². The molecule has 2 aliphatic heterocycles. The first kappa shape index (κ1) is 21.1. The minimum atomic E-state index is -3.17. The van der Waals surface area contributed by atoms with E-state index in [-0.39, 0.29) is 36.0 Å². The van der Waals surface area contributed by atoms with E-state index < -0.39 is 21.8 Å². The first-order chi connectivity index (χ1) is 13.8. The molecule has 10 heteroatoms. The predicted molar refractivity (Wildman–Crippen MR) is 108 cm³/mol. The van der Waals surface area contributed by atoms with Crippen molar-refractivity contribution < 1.29 is 27.5 Å². The van der Waals surface area contributed by atoms with Gasteiger partial charge < -0.3 is 14.8 Å². The van der Waals surface area contributed by atoms with E-state index in [1.807, 2.05) is 13.8 Å². The molecule has 1 saturated heterocycles. The highest BCUT2D eigenvalue weighted by Crippen LogP contribution is 2.30. The molecule has 3 rings (SSSR count). The fourth-order valence-corrected chi connectivity index (χ4v) is 5.02. The number of nitrogens with one attached hydrogen (secondary N) is 1. The molecule has 2 aliphatic rings. The van der Waals surface area contributed by atoms with Gasteiger partial charge in [-0.1, -0.05) is 0 Å². The first-order valence-electron chi connectivity index (χ1n) is 9.64. The molecule has 0 saturated carbocycles. The number of sulfone groups is 1. The fourth-order valence-electron chi connectivity index (χ4n) is 3.33. The van der Waals surface area contributed by atoms with Crippen LogP contribution in [-0.2, 0) is 19.4 Å². The average Bonchev–Trinajstić information content (AvgIpc) is 3.04. The number of carbonyl (C=O) groups excluding carboxylic acids is 2. The molecular formula is C19H25N3O6S. The van der Waals surface area contributed by atoms with Crippen molar-refractivity contribution in [3.05, 3.63) is 18.2 Å². The summed E-state index contributed by atoms with van der Waals surface area (Å²) < 4.78 is 34.5. The molecule has 0 radical (unpaired) electrons. The van der Waals surface area contributed by atoms with E-state index in [2.05, 4.69) is 10.4 Å². The second kappa shape index (κ2) is 8.81. The van der Waals surface area contributed by atoms with Crippen molar-refractivity contribution in [1.29, 1.82) is 0 Å². The van der Waals surface area contributed by atoms with Crippen molar-refractivity contribution in [1.82, 2.24) is 5.01 Å². The lowest BCUT2D eigenvalue weighted by Crippen LogP contribution is -2.42. The molecule has 1 unspecified atom stereocenters. The topological polar surface area (TPSA) is 114 Å². The average molecular weight is 423 g/mol. The zero-order chi connectivity index (χ0) is 21.0. The van der Waals surface area contributed by atoms with E-state index in [0.717, 1.165) is 0 Å². The molecule has 2 heterocycles. The molecule has 2 amide bonds. The van der Waals surface area contributed by atoms with E-state index in [1.54, 1.807) is 18.2 Å². The van der Waals surface area contributed by atoms with E-state index in [1.165, 1.54) is 5.01 Å². The SMILES string of the molecule is CCOc1ccc(OCC)c(NC(=O)C2=NN(C3CCS(=O)(=O)C3)C(=O)CC2)c1. The van der Waals surface area contributed by atoms with Gasteiger partial charge in [-0.25, -0.2) is 13.4 Å². The summed E-state index contributed by atoms with van der Waals surface area (Å²) in [5.41, 5.74) is 0.621. The zero-order valence-corrected chi connectivity index (χ0v) is 17.3. The Kier molecular flexibility index (Phi) is 6.41. The molecule has 9 nitrogen and oxygen atoms in total. The number of ether oxygens (including phenoxy) is 2. The van der Waals surface area contributed by atoms with Crippen molar-refractivity contribution in [3.8, 4) is 11.5 Å². The third-order valence-corrected chi connectivity index (χ3v) is 6.44. The second-order valence-corrected chi connectivity index (χ2v) is 9.05. The summed E-state index contributed by atoms with van der Waals surface area (Å²) in [6.07, 6.45) is 0.632. The zero-order valence-electron chi connectivity index (χ0n) is 16.5. The predicted octanol–water partition coefficient (Wildman–Crippen LogP) is 1.59. The second-order valence-electron chi connectivity index (χ2n) is 6.82. The van der Waals surface area contributed by atoms with Gasteiger partial charge in [-0.2, -0.15) is 5.10 Å². The lowest BCUT2D eigenvalue weighted by atomic mass is 10.1. The Hall–Kier alpha value is -2.62. The number of hydrogen-bond donors (Lipinski definition) is 1. The highest BCUT2D eigenvalue weighted by atomic mass is 32.2. The van der Waals surface area contributed by atoms with Crippen LogP contribution in [-0.4, -0.2) is 61.7 Å². The van der Waals surface area contributed by atoms with Crippen LogP contribution in [0.3, 0.4) is 0 Å². The van der Waals surface area contributed by atoms with Crippen molar-refractivity contribution in [2.75, 3.05) is 30.0 Å². The number of nitrogens with zero attached hydrogens (tertiary/aromatic N) is 2. The van der Waals surface area contributed by atoms with Gasteiger partial charge in [0.1, 0.15) is 17.2 Å². The number of rotatable bonds is 7. The summed E-state index contributed by atoms with van der Waals surface area (Å²) in [5, 5.41) is 8.14. The van der Waals surface area contributed by atoms with Crippen LogP contribution in [0, 0.1) is 0 Å². The monoisotopic (exact) mass is 423 g/mol. The summed E-state index contributed by atoms with van der Waals surface area (Å²) in [5.74, 6) is 0.262. The fraction of sp³-hybridized carbons (Fsp3) is 0.526. The Bertz CT molecular complexity index is 928. The lowest BCUT2D eigenvalue weighted by molar-refractivity contribution is -0.133. The molecule has 1 aromatic rings. The Labute approximate surface area is 170 Å². The number of amides is 2. The molecule has 0 bridgehead atoms. The van der Waals surface area contributed by atoms with E-state index in [9.17, 15) is 18.0 Å². The van der Waals surface area contributed by atoms with Crippen LogP contribution in [0.4, 0.5) is 5.69 Å². The molecule has 0 spiro atoms. The lowest BCUT2D eigenvalue weighted by Gasteiger charge is -2.27. The van der Waals surface area contributed by atoms with Crippen molar-refractivity contribution in [2.45, 2.75) is 39.2 Å². The summed E-state index contributed by atoms with van der Waals surface area (Å²) in [4.78, 5) is 25.0. The van der Waals surface area contributed by atoms with Gasteiger partial charge in [-0.15, -0.1) is 0 Å². The Balaban J connectivity index is 1.80. The van der Waals surface area contributed by atoms with Gasteiger partial charge in [0.25, 0.3) is 5.91 Å². The molecule has 1 fully saturated rings. The quantitative estimate of drug-likeness (QED) is 0.712. The maximum Gasteiger partial charge on any atom is 0.271 e. The van der Waals surface area contributed by atoms with Crippen LogP contribution in [0.1, 0.15) is 33.1 Å². The van der Waals surface area contributed by atoms with Gasteiger partial charge in [0, 0.05) is 18.9 Å². The summed E-state index contributed by atoms with van der Waals surface area (Å²) in [6.45, 7) is 4.61. The van der Waals surface area contributed by atoms with Gasteiger partial charge in [-0.3, -0.25) is 9.59 Å². The van der Waals surface area contributed by atoms with Crippen LogP contribution in [0.25, 0.3) is 0 Å².